The standard InChI is InChI=1S/C21H22FN3O3/c1-3-24(13-15-8-7-11-17(22)12-15)18(26)14-25-19(27)21(2,23-20(25)28)16-9-5-4-6-10-16/h4-12H,3,13-14H2,1-2H3,(H,23,28). The largest absolute Gasteiger partial charge is 0.337 e. The van der Waals surface area contributed by atoms with Gasteiger partial charge in [0, 0.05) is 13.1 Å². The van der Waals surface area contributed by atoms with Crippen LogP contribution in [-0.2, 0) is 21.7 Å². The number of rotatable bonds is 6. The molecule has 7 heteroatoms. The van der Waals surface area contributed by atoms with E-state index >= 15 is 0 Å². The lowest BCUT2D eigenvalue weighted by Crippen LogP contribution is -2.44. The van der Waals surface area contributed by atoms with Crippen LogP contribution in [0.5, 0.6) is 0 Å². The van der Waals surface area contributed by atoms with Crippen molar-refractivity contribution in [3.05, 3.63) is 71.5 Å². The van der Waals surface area contributed by atoms with E-state index in [9.17, 15) is 18.8 Å². The third-order valence-electron chi connectivity index (χ3n) is 4.92. The van der Waals surface area contributed by atoms with Gasteiger partial charge in [-0.2, -0.15) is 0 Å². The molecule has 3 rings (SSSR count). The number of hydrogen-bond donors (Lipinski definition) is 1. The molecule has 1 unspecified atom stereocenters. The summed E-state index contributed by atoms with van der Waals surface area (Å²) >= 11 is 0. The zero-order valence-electron chi connectivity index (χ0n) is 15.8. The maximum Gasteiger partial charge on any atom is 0.325 e. The molecule has 2 aromatic rings. The van der Waals surface area contributed by atoms with Gasteiger partial charge in [-0.25, -0.2) is 9.18 Å². The summed E-state index contributed by atoms with van der Waals surface area (Å²) in [4.78, 5) is 40.4. The van der Waals surface area contributed by atoms with E-state index in [1.54, 1.807) is 50.2 Å². The molecule has 0 aliphatic carbocycles. The van der Waals surface area contributed by atoms with Gasteiger partial charge in [-0.05, 0) is 37.1 Å². The van der Waals surface area contributed by atoms with Gasteiger partial charge in [0.25, 0.3) is 5.91 Å². The summed E-state index contributed by atoms with van der Waals surface area (Å²) in [5.74, 6) is -1.24. The van der Waals surface area contributed by atoms with Crippen molar-refractivity contribution >= 4 is 17.8 Å². The monoisotopic (exact) mass is 383 g/mol. The Kier molecular flexibility index (Phi) is 5.44. The van der Waals surface area contributed by atoms with Crippen LogP contribution in [0.4, 0.5) is 9.18 Å². The van der Waals surface area contributed by atoms with Gasteiger partial charge >= 0.3 is 6.03 Å². The second-order valence-electron chi connectivity index (χ2n) is 6.85. The number of carbonyl (C=O) groups excluding carboxylic acids is 3. The molecule has 1 atom stereocenters. The van der Waals surface area contributed by atoms with E-state index in [1.165, 1.54) is 17.0 Å². The van der Waals surface area contributed by atoms with Crippen LogP contribution in [-0.4, -0.2) is 40.7 Å². The van der Waals surface area contributed by atoms with Gasteiger partial charge in [0.15, 0.2) is 0 Å². The van der Waals surface area contributed by atoms with Crippen molar-refractivity contribution in [2.45, 2.75) is 25.9 Å². The van der Waals surface area contributed by atoms with Crippen LogP contribution >= 0.6 is 0 Å². The smallest absolute Gasteiger partial charge is 0.325 e. The van der Waals surface area contributed by atoms with Gasteiger partial charge in [0.2, 0.25) is 5.91 Å². The molecule has 28 heavy (non-hydrogen) atoms. The van der Waals surface area contributed by atoms with Crippen molar-refractivity contribution < 1.29 is 18.8 Å². The minimum atomic E-state index is -1.21. The van der Waals surface area contributed by atoms with Crippen molar-refractivity contribution in [1.29, 1.82) is 0 Å². The number of benzene rings is 2. The Balaban J connectivity index is 1.74. The molecule has 0 saturated carbocycles. The van der Waals surface area contributed by atoms with Crippen LogP contribution < -0.4 is 5.32 Å². The summed E-state index contributed by atoms with van der Waals surface area (Å²) < 4.78 is 13.4. The highest BCUT2D eigenvalue weighted by Gasteiger charge is 2.49. The third-order valence-corrected chi connectivity index (χ3v) is 4.92. The first-order valence-corrected chi connectivity index (χ1v) is 9.07. The van der Waals surface area contributed by atoms with Crippen LogP contribution in [0, 0.1) is 5.82 Å². The molecule has 0 spiro atoms. The molecule has 0 bridgehead atoms. The zero-order valence-corrected chi connectivity index (χ0v) is 15.8. The second-order valence-corrected chi connectivity index (χ2v) is 6.85. The predicted octanol–water partition coefficient (Wildman–Crippen LogP) is 2.64. The molecule has 146 valence electrons. The third kappa shape index (κ3) is 3.74. The van der Waals surface area contributed by atoms with Crippen molar-refractivity contribution in [1.82, 2.24) is 15.1 Å². The van der Waals surface area contributed by atoms with Crippen molar-refractivity contribution in [2.75, 3.05) is 13.1 Å². The van der Waals surface area contributed by atoms with Gasteiger partial charge in [-0.1, -0.05) is 42.5 Å². The number of amides is 4. The Morgan fingerprint density at radius 2 is 1.86 bits per heavy atom. The van der Waals surface area contributed by atoms with E-state index in [0.717, 1.165) is 4.90 Å². The van der Waals surface area contributed by atoms with Crippen molar-refractivity contribution in [2.24, 2.45) is 0 Å². The van der Waals surface area contributed by atoms with Crippen molar-refractivity contribution in [3.63, 3.8) is 0 Å². The predicted molar refractivity (Wildman–Crippen MR) is 102 cm³/mol. The normalized spacial score (nSPS) is 18.9. The van der Waals surface area contributed by atoms with Gasteiger partial charge in [0.1, 0.15) is 17.9 Å². The molecule has 0 radical (unpaired) electrons. The summed E-state index contributed by atoms with van der Waals surface area (Å²) in [6.07, 6.45) is 0. The van der Waals surface area contributed by atoms with Crippen LogP contribution in [0.15, 0.2) is 54.6 Å². The number of imide groups is 1. The lowest BCUT2D eigenvalue weighted by atomic mass is 9.92. The van der Waals surface area contributed by atoms with Crippen LogP contribution in [0.3, 0.4) is 0 Å². The summed E-state index contributed by atoms with van der Waals surface area (Å²) in [7, 11) is 0. The average molecular weight is 383 g/mol. The quantitative estimate of drug-likeness (QED) is 0.780. The van der Waals surface area contributed by atoms with Gasteiger partial charge in [-0.3, -0.25) is 14.5 Å². The first kappa shape index (κ1) is 19.5. The number of hydrogen-bond acceptors (Lipinski definition) is 3. The molecule has 1 fully saturated rings. The zero-order chi connectivity index (χ0) is 20.3. The molecular formula is C21H22FN3O3. The molecule has 6 nitrogen and oxygen atoms in total. The highest BCUT2D eigenvalue weighted by atomic mass is 19.1. The Morgan fingerprint density at radius 1 is 1.14 bits per heavy atom. The SMILES string of the molecule is CCN(Cc1cccc(F)c1)C(=O)CN1C(=O)NC(C)(c2ccccc2)C1=O. The van der Waals surface area contributed by atoms with Gasteiger partial charge in [0.05, 0.1) is 0 Å². The minimum absolute atomic E-state index is 0.201. The number of nitrogens with one attached hydrogen (secondary N) is 1. The summed E-state index contributed by atoms with van der Waals surface area (Å²) in [5, 5.41) is 2.68. The second kappa shape index (κ2) is 7.80. The molecule has 1 saturated heterocycles. The topological polar surface area (TPSA) is 69.7 Å². The maximum absolute atomic E-state index is 13.4. The highest BCUT2D eigenvalue weighted by Crippen LogP contribution is 2.28. The molecule has 1 aliphatic rings. The lowest BCUT2D eigenvalue weighted by molar-refractivity contribution is -0.139. The van der Waals surface area contributed by atoms with Crippen LogP contribution in [0.25, 0.3) is 0 Å². The highest BCUT2D eigenvalue weighted by molar-refractivity contribution is 6.09. The van der Waals surface area contributed by atoms with E-state index in [-0.39, 0.29) is 24.8 Å². The van der Waals surface area contributed by atoms with E-state index < -0.39 is 17.5 Å². The van der Waals surface area contributed by atoms with E-state index in [2.05, 4.69) is 5.32 Å². The first-order chi connectivity index (χ1) is 13.3. The maximum atomic E-state index is 13.4. The Hall–Kier alpha value is -3.22. The van der Waals surface area contributed by atoms with E-state index in [1.807, 2.05) is 6.07 Å². The first-order valence-electron chi connectivity index (χ1n) is 9.07. The summed E-state index contributed by atoms with van der Waals surface area (Å²) in [5.41, 5.74) is 0.0787. The summed E-state index contributed by atoms with van der Waals surface area (Å²) in [6, 6.07) is 14.3. The van der Waals surface area contributed by atoms with Gasteiger partial charge < -0.3 is 10.2 Å². The molecule has 1 aliphatic heterocycles. The molecule has 1 N–H and O–H groups in total. The number of urea groups is 1. The summed E-state index contributed by atoms with van der Waals surface area (Å²) in [6.45, 7) is 3.62. The van der Waals surface area contributed by atoms with E-state index in [4.69, 9.17) is 0 Å². The minimum Gasteiger partial charge on any atom is -0.337 e. The molecule has 1 heterocycles. The molecule has 0 aromatic heterocycles. The van der Waals surface area contributed by atoms with Gasteiger partial charge in [-0.15, -0.1) is 0 Å². The molecule has 4 amide bonds. The lowest BCUT2D eigenvalue weighted by Gasteiger charge is -2.24. The fraction of sp³-hybridized carbons (Fsp3) is 0.286. The fourth-order valence-electron chi connectivity index (χ4n) is 3.27. The molecule has 2 aromatic carbocycles. The Morgan fingerprint density at radius 3 is 2.50 bits per heavy atom. The van der Waals surface area contributed by atoms with Crippen molar-refractivity contribution in [3.8, 4) is 0 Å². The van der Waals surface area contributed by atoms with E-state index in [0.29, 0.717) is 17.7 Å². The Labute approximate surface area is 162 Å². The number of nitrogens with zero attached hydrogens (tertiary/aromatic N) is 2. The number of halogens is 1. The number of likely N-dealkylation sites (N-methyl/N-ethyl adjacent to an activating group) is 1. The number of carbonyl (C=O) groups is 3. The average Bonchev–Trinajstić information content (AvgIpc) is 2.91. The molecular weight excluding hydrogens is 361 g/mol. The Bertz CT molecular complexity index is 903. The fourth-order valence-corrected chi connectivity index (χ4v) is 3.27. The van der Waals surface area contributed by atoms with Crippen LogP contribution in [0.1, 0.15) is 25.0 Å². The van der Waals surface area contributed by atoms with Crippen LogP contribution in [0.2, 0.25) is 0 Å².